The molecule has 1 amide bonds. The van der Waals surface area contributed by atoms with E-state index in [1.807, 2.05) is 35.7 Å². The van der Waals surface area contributed by atoms with E-state index in [0.717, 1.165) is 16.3 Å². The number of nitrogens with zero attached hydrogens (tertiary/aromatic N) is 2. The lowest BCUT2D eigenvalue weighted by Gasteiger charge is -2.26. The van der Waals surface area contributed by atoms with Crippen molar-refractivity contribution in [2.75, 3.05) is 6.54 Å². The van der Waals surface area contributed by atoms with Gasteiger partial charge in [0.05, 0.1) is 17.0 Å². The molecule has 1 aromatic carbocycles. The van der Waals surface area contributed by atoms with Crippen molar-refractivity contribution in [2.45, 2.75) is 43.0 Å². The number of carboxylic acid groups (broad SMARTS) is 1. The maximum atomic E-state index is 12.3. The van der Waals surface area contributed by atoms with Crippen LogP contribution in [0.5, 0.6) is 0 Å². The van der Waals surface area contributed by atoms with Gasteiger partial charge in [0.25, 0.3) is 0 Å². The Morgan fingerprint density at radius 3 is 2.67 bits per heavy atom. The molecule has 2 unspecified atom stereocenters. The molecule has 2 N–H and O–H groups in total. The third kappa shape index (κ3) is 3.99. The summed E-state index contributed by atoms with van der Waals surface area (Å²) in [5.74, 6) is 0. The van der Waals surface area contributed by atoms with Crippen molar-refractivity contribution >= 4 is 27.5 Å². The van der Waals surface area contributed by atoms with Crippen molar-refractivity contribution in [3.05, 3.63) is 41.4 Å². The van der Waals surface area contributed by atoms with Crippen molar-refractivity contribution in [2.24, 2.45) is 0 Å². The van der Waals surface area contributed by atoms with Crippen molar-refractivity contribution < 1.29 is 18.3 Å². The lowest BCUT2D eigenvalue weighted by Crippen LogP contribution is -2.48. The Morgan fingerprint density at radius 2 is 2.00 bits per heavy atom. The van der Waals surface area contributed by atoms with Crippen molar-refractivity contribution in [3.63, 3.8) is 0 Å². The summed E-state index contributed by atoms with van der Waals surface area (Å²) in [4.78, 5) is 17.6. The van der Waals surface area contributed by atoms with Gasteiger partial charge in [0.2, 0.25) is 10.0 Å². The zero-order valence-electron chi connectivity index (χ0n) is 14.6. The van der Waals surface area contributed by atoms with Gasteiger partial charge < -0.3 is 10.0 Å². The molecule has 0 bridgehead atoms. The van der Waals surface area contributed by atoms with E-state index >= 15 is 0 Å². The summed E-state index contributed by atoms with van der Waals surface area (Å²) in [5.41, 5.74) is 1.80. The number of carbonyl (C=O) groups is 1. The molecule has 9 heteroatoms. The van der Waals surface area contributed by atoms with Crippen LogP contribution in [0.15, 0.2) is 35.7 Å². The van der Waals surface area contributed by atoms with Gasteiger partial charge >= 0.3 is 6.09 Å². The van der Waals surface area contributed by atoms with Crippen LogP contribution in [0.3, 0.4) is 0 Å². The summed E-state index contributed by atoms with van der Waals surface area (Å²) in [6, 6.07) is 8.95. The molecule has 2 heterocycles. The standard InChI is InChI=1S/C18H21N3O4S2/c22-18(23)21-9-8-15(20-27(24,25)14-6-7-14)16(21)10-13-11-26-17(19-13)12-4-2-1-3-5-12/h1-5,11,14-16,20H,6-10H2,(H,22,23). The third-order valence-electron chi connectivity index (χ3n) is 5.06. The van der Waals surface area contributed by atoms with Crippen LogP contribution in [-0.4, -0.2) is 53.4 Å². The molecular formula is C18H21N3O4S2. The lowest BCUT2D eigenvalue weighted by atomic mass is 10.1. The highest BCUT2D eigenvalue weighted by molar-refractivity contribution is 7.90. The van der Waals surface area contributed by atoms with Crippen LogP contribution in [0.1, 0.15) is 25.0 Å². The fraction of sp³-hybridized carbons (Fsp3) is 0.444. The summed E-state index contributed by atoms with van der Waals surface area (Å²) >= 11 is 1.51. The van der Waals surface area contributed by atoms with Crippen molar-refractivity contribution in [3.8, 4) is 10.6 Å². The summed E-state index contributed by atoms with van der Waals surface area (Å²) in [7, 11) is -3.37. The molecular weight excluding hydrogens is 386 g/mol. The molecule has 7 nitrogen and oxygen atoms in total. The van der Waals surface area contributed by atoms with E-state index in [2.05, 4.69) is 9.71 Å². The first kappa shape index (κ1) is 18.4. The smallest absolute Gasteiger partial charge is 0.407 e. The fourth-order valence-corrected chi connectivity index (χ4v) is 5.98. The van der Waals surface area contributed by atoms with E-state index < -0.39 is 28.2 Å². The zero-order valence-corrected chi connectivity index (χ0v) is 16.2. The summed E-state index contributed by atoms with van der Waals surface area (Å²) in [6.45, 7) is 0.327. The Hall–Kier alpha value is -1.97. The van der Waals surface area contributed by atoms with Gasteiger partial charge in [0, 0.05) is 30.0 Å². The average Bonchev–Trinajstić information content (AvgIpc) is 3.30. The number of rotatable bonds is 6. The SMILES string of the molecule is O=C(O)N1CCC(NS(=O)(=O)C2CC2)C1Cc1csc(-c2ccccc2)n1. The van der Waals surface area contributed by atoms with E-state index in [1.54, 1.807) is 0 Å². The van der Waals surface area contributed by atoms with E-state index in [-0.39, 0.29) is 5.25 Å². The predicted octanol–water partition coefficient (Wildman–Crippen LogP) is 2.56. The highest BCUT2D eigenvalue weighted by atomic mass is 32.2. The molecule has 27 heavy (non-hydrogen) atoms. The molecule has 1 saturated heterocycles. The normalized spacial score (nSPS) is 22.9. The summed E-state index contributed by atoms with van der Waals surface area (Å²) in [5, 5.41) is 12.0. The van der Waals surface area contributed by atoms with Gasteiger partial charge in [-0.05, 0) is 19.3 Å². The number of aromatic nitrogens is 1. The number of likely N-dealkylation sites (tertiary alicyclic amines) is 1. The topological polar surface area (TPSA) is 99.6 Å². The van der Waals surface area contributed by atoms with Crippen LogP contribution in [0.4, 0.5) is 4.79 Å². The Morgan fingerprint density at radius 1 is 1.26 bits per heavy atom. The van der Waals surface area contributed by atoms with E-state index in [1.165, 1.54) is 16.2 Å². The van der Waals surface area contributed by atoms with Gasteiger partial charge in [-0.1, -0.05) is 30.3 Å². The predicted molar refractivity (Wildman–Crippen MR) is 103 cm³/mol. The van der Waals surface area contributed by atoms with E-state index in [4.69, 9.17) is 0 Å². The fourth-order valence-electron chi connectivity index (χ4n) is 3.49. The van der Waals surface area contributed by atoms with Gasteiger partial charge in [-0.2, -0.15) is 0 Å². The summed E-state index contributed by atoms with van der Waals surface area (Å²) < 4.78 is 27.4. The second-order valence-electron chi connectivity index (χ2n) is 7.01. The van der Waals surface area contributed by atoms with Crippen LogP contribution in [0, 0.1) is 0 Å². The minimum atomic E-state index is -3.37. The third-order valence-corrected chi connectivity index (χ3v) is 7.98. The molecule has 1 saturated carbocycles. The molecule has 144 valence electrons. The molecule has 2 fully saturated rings. The van der Waals surface area contributed by atoms with Crippen LogP contribution >= 0.6 is 11.3 Å². The molecule has 2 aromatic rings. The zero-order chi connectivity index (χ0) is 19.0. The minimum absolute atomic E-state index is 0.319. The largest absolute Gasteiger partial charge is 0.465 e. The summed E-state index contributed by atoms with van der Waals surface area (Å²) in [6.07, 6.45) is 1.22. The molecule has 1 aromatic heterocycles. The van der Waals surface area contributed by atoms with Crippen molar-refractivity contribution in [1.82, 2.24) is 14.6 Å². The maximum absolute atomic E-state index is 12.3. The van der Waals surface area contributed by atoms with Crippen LogP contribution < -0.4 is 4.72 Å². The van der Waals surface area contributed by atoms with Gasteiger partial charge in [-0.25, -0.2) is 22.9 Å². The second-order valence-corrected chi connectivity index (χ2v) is 9.87. The Balaban J connectivity index is 1.53. The Bertz CT molecular complexity index is 925. The van der Waals surface area contributed by atoms with Crippen LogP contribution in [0.2, 0.25) is 0 Å². The first-order valence-electron chi connectivity index (χ1n) is 8.94. The van der Waals surface area contributed by atoms with Gasteiger partial charge in [0.15, 0.2) is 0 Å². The van der Waals surface area contributed by atoms with Crippen molar-refractivity contribution in [1.29, 1.82) is 0 Å². The number of sulfonamides is 1. The highest BCUT2D eigenvalue weighted by Crippen LogP contribution is 2.31. The molecule has 1 aliphatic carbocycles. The highest BCUT2D eigenvalue weighted by Gasteiger charge is 2.43. The maximum Gasteiger partial charge on any atom is 0.407 e. The average molecular weight is 408 g/mol. The molecule has 2 atom stereocenters. The number of hydrogen-bond acceptors (Lipinski definition) is 5. The molecule has 2 aliphatic rings. The number of thiazole rings is 1. The second kappa shape index (κ2) is 7.21. The Kier molecular flexibility index (Phi) is 4.92. The molecule has 0 spiro atoms. The number of amides is 1. The lowest BCUT2D eigenvalue weighted by molar-refractivity contribution is 0.137. The number of hydrogen-bond donors (Lipinski definition) is 2. The molecule has 1 aliphatic heterocycles. The van der Waals surface area contributed by atoms with E-state index in [9.17, 15) is 18.3 Å². The first-order valence-corrected chi connectivity index (χ1v) is 11.4. The monoisotopic (exact) mass is 407 g/mol. The number of benzene rings is 1. The number of nitrogens with one attached hydrogen (secondary N) is 1. The quantitative estimate of drug-likeness (QED) is 0.767. The van der Waals surface area contributed by atoms with Crippen LogP contribution in [-0.2, 0) is 16.4 Å². The molecule has 4 rings (SSSR count). The van der Waals surface area contributed by atoms with Gasteiger partial charge in [0.1, 0.15) is 5.01 Å². The first-order chi connectivity index (χ1) is 12.9. The van der Waals surface area contributed by atoms with Crippen LogP contribution in [0.25, 0.3) is 10.6 Å². The van der Waals surface area contributed by atoms with Gasteiger partial charge in [-0.15, -0.1) is 11.3 Å². The molecule has 0 radical (unpaired) electrons. The van der Waals surface area contributed by atoms with Gasteiger partial charge in [-0.3, -0.25) is 0 Å². The Labute approximate surface area is 162 Å². The minimum Gasteiger partial charge on any atom is -0.465 e. The van der Waals surface area contributed by atoms with E-state index in [0.29, 0.717) is 32.2 Å².